The Morgan fingerprint density at radius 1 is 1.00 bits per heavy atom. The Morgan fingerprint density at radius 2 is 1.72 bits per heavy atom. The van der Waals surface area contributed by atoms with Crippen LogP contribution in [0.1, 0.15) is 23.3 Å². The number of hydrogen-bond donors (Lipinski definition) is 3. The molecule has 0 radical (unpaired) electrons. The molecule has 3 heterocycles. The molecule has 0 saturated carbocycles. The Balaban J connectivity index is 0.000000531. The number of rotatable bonds is 6. The summed E-state index contributed by atoms with van der Waals surface area (Å²) in [5.74, 6) is -1.78. The highest BCUT2D eigenvalue weighted by molar-refractivity contribution is 6.27. The van der Waals surface area contributed by atoms with Crippen LogP contribution in [-0.4, -0.2) is 80.0 Å². The fraction of sp³-hybridized carbons (Fsp3) is 0.296. The standard InChI is InChI=1S/C25H27N5O3.C2H2O4/c1-32-18-7-8-24(33-2)19(13-18)21-14-22(28-27-21)25(31)29-11-9-17(10-12-29)15-30-16-26-20-5-3-4-6-23(20)30;3-1(4)2(5)6/h3-8,13-14,16-17H,9-12,15H2,1-2H3,(H,27,28);(H,3,4)(H,5,6). The van der Waals surface area contributed by atoms with Crippen LogP contribution in [0.15, 0.2) is 54.9 Å². The van der Waals surface area contributed by atoms with E-state index < -0.39 is 11.9 Å². The first-order valence-corrected chi connectivity index (χ1v) is 12.2. The van der Waals surface area contributed by atoms with Crippen molar-refractivity contribution in [2.45, 2.75) is 19.4 Å². The Kier molecular flexibility index (Phi) is 8.44. The normalized spacial score (nSPS) is 13.4. The number of methoxy groups -OCH3 is 2. The highest BCUT2D eigenvalue weighted by Gasteiger charge is 2.26. The molecule has 1 saturated heterocycles. The Labute approximate surface area is 223 Å². The summed E-state index contributed by atoms with van der Waals surface area (Å²) in [5.41, 5.74) is 4.09. The van der Waals surface area contributed by atoms with Gasteiger partial charge in [-0.05, 0) is 55.2 Å². The molecule has 3 N–H and O–H groups in total. The van der Waals surface area contributed by atoms with Gasteiger partial charge in [-0.3, -0.25) is 9.89 Å². The minimum absolute atomic E-state index is 0.0258. The molecule has 1 aliphatic heterocycles. The number of imidazole rings is 1. The van der Waals surface area contributed by atoms with Gasteiger partial charge in [0, 0.05) is 25.2 Å². The molecule has 1 aliphatic rings. The van der Waals surface area contributed by atoms with Crippen LogP contribution in [0.5, 0.6) is 11.5 Å². The summed E-state index contributed by atoms with van der Waals surface area (Å²) >= 11 is 0. The molecule has 4 aromatic rings. The number of piperidine rings is 1. The van der Waals surface area contributed by atoms with Crippen molar-refractivity contribution in [3.8, 4) is 22.8 Å². The number of nitrogens with zero attached hydrogens (tertiary/aromatic N) is 4. The van der Waals surface area contributed by atoms with Gasteiger partial charge in [-0.15, -0.1) is 0 Å². The first-order valence-electron chi connectivity index (χ1n) is 12.2. The highest BCUT2D eigenvalue weighted by atomic mass is 16.5. The van der Waals surface area contributed by atoms with Crippen molar-refractivity contribution in [2.75, 3.05) is 27.3 Å². The SMILES string of the molecule is COc1ccc(OC)c(-c2cc(C(=O)N3CCC(Cn4cnc5ccccc54)CC3)[nH]n2)c1.O=C(O)C(=O)O. The quantitative estimate of drug-likeness (QED) is 0.315. The van der Waals surface area contributed by atoms with E-state index in [4.69, 9.17) is 29.3 Å². The number of benzene rings is 2. The predicted molar refractivity (Wildman–Crippen MR) is 141 cm³/mol. The predicted octanol–water partition coefficient (Wildman–Crippen LogP) is 3.15. The largest absolute Gasteiger partial charge is 0.497 e. The Hall–Kier alpha value is -4.87. The van der Waals surface area contributed by atoms with Crippen LogP contribution in [-0.2, 0) is 16.1 Å². The van der Waals surface area contributed by atoms with E-state index in [-0.39, 0.29) is 5.91 Å². The van der Waals surface area contributed by atoms with Gasteiger partial charge in [0.15, 0.2) is 0 Å². The van der Waals surface area contributed by atoms with E-state index in [1.54, 1.807) is 20.3 Å². The van der Waals surface area contributed by atoms with E-state index in [0.717, 1.165) is 49.1 Å². The minimum atomic E-state index is -1.82. The van der Waals surface area contributed by atoms with Gasteiger partial charge in [-0.25, -0.2) is 14.6 Å². The van der Waals surface area contributed by atoms with Gasteiger partial charge in [-0.1, -0.05) is 12.1 Å². The van der Waals surface area contributed by atoms with Crippen molar-refractivity contribution in [3.05, 3.63) is 60.6 Å². The van der Waals surface area contributed by atoms with Gasteiger partial charge < -0.3 is 29.2 Å². The summed E-state index contributed by atoms with van der Waals surface area (Å²) in [6.07, 6.45) is 3.84. The fourth-order valence-electron chi connectivity index (χ4n) is 4.51. The molecule has 1 fully saturated rings. The zero-order chi connectivity index (χ0) is 27.9. The van der Waals surface area contributed by atoms with Crippen LogP contribution in [0.25, 0.3) is 22.3 Å². The van der Waals surface area contributed by atoms with E-state index in [1.807, 2.05) is 47.6 Å². The molecule has 1 amide bonds. The number of ether oxygens (including phenoxy) is 2. The van der Waals surface area contributed by atoms with E-state index >= 15 is 0 Å². The van der Waals surface area contributed by atoms with E-state index in [9.17, 15) is 4.79 Å². The molecule has 5 rings (SSSR count). The smallest absolute Gasteiger partial charge is 0.414 e. The van der Waals surface area contributed by atoms with Crippen LogP contribution < -0.4 is 9.47 Å². The number of likely N-dealkylation sites (tertiary alicyclic amines) is 1. The first-order chi connectivity index (χ1) is 18.8. The molecule has 2 aromatic carbocycles. The molecular formula is C27H29N5O7. The van der Waals surface area contributed by atoms with Gasteiger partial charge in [0.25, 0.3) is 5.91 Å². The van der Waals surface area contributed by atoms with Crippen LogP contribution >= 0.6 is 0 Å². The number of H-pyrrole nitrogens is 1. The van der Waals surface area contributed by atoms with Crippen molar-refractivity contribution in [2.24, 2.45) is 5.92 Å². The van der Waals surface area contributed by atoms with Crippen LogP contribution in [0.2, 0.25) is 0 Å². The molecule has 12 heteroatoms. The van der Waals surface area contributed by atoms with E-state index in [0.29, 0.717) is 28.8 Å². The third kappa shape index (κ3) is 6.35. The Bertz CT molecular complexity index is 1460. The molecule has 39 heavy (non-hydrogen) atoms. The van der Waals surface area contributed by atoms with E-state index in [2.05, 4.69) is 25.8 Å². The van der Waals surface area contributed by atoms with Crippen molar-refractivity contribution >= 4 is 28.9 Å². The zero-order valence-electron chi connectivity index (χ0n) is 21.5. The molecule has 0 spiro atoms. The number of hydrogen-bond acceptors (Lipinski definition) is 7. The van der Waals surface area contributed by atoms with Gasteiger partial charge >= 0.3 is 11.9 Å². The number of carbonyl (C=O) groups is 3. The maximum absolute atomic E-state index is 13.1. The first kappa shape index (κ1) is 27.2. The van der Waals surface area contributed by atoms with Crippen molar-refractivity contribution in [1.82, 2.24) is 24.6 Å². The number of para-hydroxylation sites is 2. The van der Waals surface area contributed by atoms with Gasteiger partial charge in [0.1, 0.15) is 17.2 Å². The monoisotopic (exact) mass is 535 g/mol. The number of carbonyl (C=O) groups excluding carboxylic acids is 1. The van der Waals surface area contributed by atoms with Gasteiger partial charge in [-0.2, -0.15) is 5.10 Å². The van der Waals surface area contributed by atoms with Gasteiger partial charge in [0.05, 0.1) is 37.3 Å². The molecule has 0 atom stereocenters. The van der Waals surface area contributed by atoms with Gasteiger partial charge in [0.2, 0.25) is 0 Å². The number of aromatic amines is 1. The molecule has 0 aliphatic carbocycles. The summed E-state index contributed by atoms with van der Waals surface area (Å²) in [6.45, 7) is 2.38. The maximum Gasteiger partial charge on any atom is 0.414 e. The number of aliphatic carboxylic acids is 2. The molecule has 12 nitrogen and oxygen atoms in total. The minimum Gasteiger partial charge on any atom is -0.497 e. The average molecular weight is 536 g/mol. The number of fused-ring (bicyclic) bond motifs is 1. The topological polar surface area (TPSA) is 160 Å². The number of carboxylic acid groups (broad SMARTS) is 2. The van der Waals surface area contributed by atoms with E-state index in [1.165, 1.54) is 0 Å². The molecule has 0 bridgehead atoms. The van der Waals surface area contributed by atoms with Crippen molar-refractivity contribution < 1.29 is 34.1 Å². The number of nitrogens with one attached hydrogen (secondary N) is 1. The van der Waals surface area contributed by atoms with Crippen LogP contribution in [0.3, 0.4) is 0 Å². The van der Waals surface area contributed by atoms with Crippen LogP contribution in [0, 0.1) is 5.92 Å². The van der Waals surface area contributed by atoms with Crippen molar-refractivity contribution in [3.63, 3.8) is 0 Å². The fourth-order valence-corrected chi connectivity index (χ4v) is 4.51. The lowest BCUT2D eigenvalue weighted by atomic mass is 9.96. The highest BCUT2D eigenvalue weighted by Crippen LogP contribution is 2.33. The molecule has 2 aromatic heterocycles. The zero-order valence-corrected chi connectivity index (χ0v) is 21.5. The van der Waals surface area contributed by atoms with Crippen molar-refractivity contribution in [1.29, 1.82) is 0 Å². The maximum atomic E-state index is 13.1. The summed E-state index contributed by atoms with van der Waals surface area (Å²) < 4.78 is 13.0. The third-order valence-electron chi connectivity index (χ3n) is 6.56. The summed E-state index contributed by atoms with van der Waals surface area (Å²) in [4.78, 5) is 37.7. The average Bonchev–Trinajstić information content (AvgIpc) is 3.61. The Morgan fingerprint density at radius 3 is 2.38 bits per heavy atom. The number of carboxylic acids is 2. The second kappa shape index (κ2) is 12.1. The third-order valence-corrected chi connectivity index (χ3v) is 6.56. The molecule has 0 unspecified atom stereocenters. The molecular weight excluding hydrogens is 506 g/mol. The lowest BCUT2D eigenvalue weighted by Crippen LogP contribution is -2.39. The lowest BCUT2D eigenvalue weighted by molar-refractivity contribution is -0.159. The van der Waals surface area contributed by atoms with Crippen LogP contribution in [0.4, 0.5) is 0 Å². The second-order valence-electron chi connectivity index (χ2n) is 8.96. The summed E-state index contributed by atoms with van der Waals surface area (Å²) in [6, 6.07) is 15.5. The summed E-state index contributed by atoms with van der Waals surface area (Å²) in [5, 5.41) is 22.1. The second-order valence-corrected chi connectivity index (χ2v) is 8.96. The summed E-state index contributed by atoms with van der Waals surface area (Å²) in [7, 11) is 3.23. The molecule has 204 valence electrons. The number of aromatic nitrogens is 4. The number of amides is 1. The lowest BCUT2D eigenvalue weighted by Gasteiger charge is -2.32.